The quantitative estimate of drug-likeness (QED) is 0.801. The minimum Gasteiger partial charge on any atom is -0.492 e. The Balaban J connectivity index is 2.01. The molecule has 1 aromatic rings. The van der Waals surface area contributed by atoms with E-state index in [1.807, 2.05) is 25.7 Å². The number of rotatable bonds is 5. The molecule has 0 N–H and O–H groups in total. The van der Waals surface area contributed by atoms with E-state index in [9.17, 15) is 9.59 Å². The number of benzene rings is 1. The molecule has 0 spiro atoms. The van der Waals surface area contributed by atoms with Gasteiger partial charge in [-0.3, -0.25) is 9.59 Å². The molecule has 25 heavy (non-hydrogen) atoms. The monoisotopic (exact) mass is 366 g/mol. The van der Waals surface area contributed by atoms with Crippen molar-refractivity contribution >= 4 is 23.4 Å². The Morgan fingerprint density at radius 3 is 2.48 bits per heavy atom. The number of amides is 2. The highest BCUT2D eigenvalue weighted by Gasteiger charge is 2.23. The van der Waals surface area contributed by atoms with Gasteiger partial charge in [-0.1, -0.05) is 25.4 Å². The smallest absolute Gasteiger partial charge is 0.253 e. The summed E-state index contributed by atoms with van der Waals surface area (Å²) in [6.45, 7) is 8.99. The molecule has 0 aliphatic carbocycles. The topological polar surface area (TPSA) is 49.9 Å². The molecule has 0 unspecified atom stereocenters. The first-order valence-corrected chi connectivity index (χ1v) is 9.29. The molecule has 138 valence electrons. The van der Waals surface area contributed by atoms with Crippen LogP contribution in [0.3, 0.4) is 0 Å². The highest BCUT2D eigenvalue weighted by Crippen LogP contribution is 2.26. The zero-order chi connectivity index (χ0) is 18.4. The van der Waals surface area contributed by atoms with Crippen molar-refractivity contribution in [2.75, 3.05) is 32.8 Å². The van der Waals surface area contributed by atoms with Crippen LogP contribution in [0.25, 0.3) is 0 Å². The second-order valence-corrected chi connectivity index (χ2v) is 7.11. The lowest BCUT2D eigenvalue weighted by Crippen LogP contribution is -2.37. The van der Waals surface area contributed by atoms with Gasteiger partial charge >= 0.3 is 0 Å². The van der Waals surface area contributed by atoms with E-state index in [4.69, 9.17) is 16.3 Å². The first-order valence-electron chi connectivity index (χ1n) is 8.91. The molecule has 0 aromatic heterocycles. The van der Waals surface area contributed by atoms with Gasteiger partial charge in [0, 0.05) is 38.2 Å². The van der Waals surface area contributed by atoms with Crippen LogP contribution in [0, 0.1) is 5.92 Å². The lowest BCUT2D eigenvalue weighted by atomic mass is 10.1. The summed E-state index contributed by atoms with van der Waals surface area (Å²) in [5, 5.41) is 0.441. The Morgan fingerprint density at radius 2 is 1.84 bits per heavy atom. The highest BCUT2D eigenvalue weighted by molar-refractivity contribution is 6.32. The third-order valence-electron chi connectivity index (χ3n) is 4.20. The van der Waals surface area contributed by atoms with Gasteiger partial charge in [-0.2, -0.15) is 0 Å². The summed E-state index contributed by atoms with van der Waals surface area (Å²) < 4.78 is 5.41. The third-order valence-corrected chi connectivity index (χ3v) is 4.49. The second-order valence-electron chi connectivity index (χ2n) is 6.70. The maximum absolute atomic E-state index is 12.8. The fraction of sp³-hybridized carbons (Fsp3) is 0.579. The standard InChI is InChI=1S/C19H27ClN2O3/c1-4-25-17-7-6-15(13-16(17)20)19(24)22-9-5-8-21(10-11-22)18(23)12-14(2)3/h6-7,13-14H,4-5,8-12H2,1-3H3. The van der Waals surface area contributed by atoms with Crippen molar-refractivity contribution in [3.63, 3.8) is 0 Å². The molecular formula is C19H27ClN2O3. The molecule has 2 amide bonds. The molecule has 0 saturated carbocycles. The SMILES string of the molecule is CCOc1ccc(C(=O)N2CCCN(C(=O)CC(C)C)CC2)cc1Cl. The predicted molar refractivity (Wildman–Crippen MR) is 99.2 cm³/mol. The Kier molecular flexibility index (Phi) is 7.12. The van der Waals surface area contributed by atoms with E-state index < -0.39 is 0 Å². The molecule has 1 saturated heterocycles. The number of hydrogen-bond acceptors (Lipinski definition) is 3. The summed E-state index contributed by atoms with van der Waals surface area (Å²) >= 11 is 6.19. The number of ether oxygens (including phenoxy) is 1. The van der Waals surface area contributed by atoms with E-state index in [-0.39, 0.29) is 11.8 Å². The average Bonchev–Trinajstić information content (AvgIpc) is 2.81. The van der Waals surface area contributed by atoms with E-state index in [0.29, 0.717) is 61.5 Å². The van der Waals surface area contributed by atoms with Crippen LogP contribution >= 0.6 is 11.6 Å². The van der Waals surface area contributed by atoms with Crippen molar-refractivity contribution in [1.29, 1.82) is 0 Å². The first-order chi connectivity index (χ1) is 11.9. The highest BCUT2D eigenvalue weighted by atomic mass is 35.5. The minimum atomic E-state index is -0.0527. The Labute approximate surface area is 154 Å². The summed E-state index contributed by atoms with van der Waals surface area (Å²) in [4.78, 5) is 28.7. The van der Waals surface area contributed by atoms with Crippen molar-refractivity contribution in [2.24, 2.45) is 5.92 Å². The molecule has 1 heterocycles. The number of nitrogens with zero attached hydrogens (tertiary/aromatic N) is 2. The van der Waals surface area contributed by atoms with Gasteiger partial charge in [0.15, 0.2) is 0 Å². The molecule has 2 rings (SSSR count). The largest absolute Gasteiger partial charge is 0.492 e. The molecule has 6 heteroatoms. The van der Waals surface area contributed by atoms with Crippen molar-refractivity contribution in [2.45, 2.75) is 33.6 Å². The van der Waals surface area contributed by atoms with Crippen molar-refractivity contribution in [3.8, 4) is 5.75 Å². The number of hydrogen-bond donors (Lipinski definition) is 0. The summed E-state index contributed by atoms with van der Waals surface area (Å²) in [7, 11) is 0. The van der Waals surface area contributed by atoms with Gasteiger partial charge in [0.05, 0.1) is 11.6 Å². The molecule has 0 bridgehead atoms. The van der Waals surface area contributed by atoms with Crippen molar-refractivity contribution in [1.82, 2.24) is 9.80 Å². The van der Waals surface area contributed by atoms with Crippen LogP contribution in [0.2, 0.25) is 5.02 Å². The number of carbonyl (C=O) groups excluding carboxylic acids is 2. The van der Waals surface area contributed by atoms with Crippen LogP contribution in [-0.4, -0.2) is 54.4 Å². The van der Waals surface area contributed by atoms with Crippen molar-refractivity contribution in [3.05, 3.63) is 28.8 Å². The third kappa shape index (κ3) is 5.36. The van der Waals surface area contributed by atoms with Crippen molar-refractivity contribution < 1.29 is 14.3 Å². The van der Waals surface area contributed by atoms with Crippen LogP contribution in [0.5, 0.6) is 5.75 Å². The van der Waals surface area contributed by atoms with Gasteiger partial charge in [-0.15, -0.1) is 0 Å². The summed E-state index contributed by atoms with van der Waals surface area (Å²) in [5.74, 6) is 1.05. The minimum absolute atomic E-state index is 0.0527. The lowest BCUT2D eigenvalue weighted by molar-refractivity contribution is -0.131. The van der Waals surface area contributed by atoms with E-state index in [1.54, 1.807) is 23.1 Å². The lowest BCUT2D eigenvalue weighted by Gasteiger charge is -2.23. The van der Waals surface area contributed by atoms with Gasteiger partial charge in [0.25, 0.3) is 5.91 Å². The molecular weight excluding hydrogens is 340 g/mol. The zero-order valence-electron chi connectivity index (χ0n) is 15.3. The predicted octanol–water partition coefficient (Wildman–Crippen LogP) is 3.46. The normalized spacial score (nSPS) is 15.2. The van der Waals surface area contributed by atoms with E-state index in [2.05, 4.69) is 0 Å². The van der Waals surface area contributed by atoms with Gasteiger partial charge in [0.2, 0.25) is 5.91 Å². The van der Waals surface area contributed by atoms with Crippen LogP contribution in [0.1, 0.15) is 44.0 Å². The van der Waals surface area contributed by atoms with Gasteiger partial charge < -0.3 is 14.5 Å². The molecule has 0 radical (unpaired) electrons. The summed E-state index contributed by atoms with van der Waals surface area (Å²) in [6.07, 6.45) is 1.35. The van der Waals surface area contributed by atoms with Crippen LogP contribution in [-0.2, 0) is 4.79 Å². The Morgan fingerprint density at radius 1 is 1.16 bits per heavy atom. The fourth-order valence-electron chi connectivity index (χ4n) is 2.94. The molecule has 1 aromatic carbocycles. The van der Waals surface area contributed by atoms with Crippen LogP contribution < -0.4 is 4.74 Å². The Hall–Kier alpha value is -1.75. The zero-order valence-corrected chi connectivity index (χ0v) is 16.0. The van der Waals surface area contributed by atoms with Gasteiger partial charge in [0.1, 0.15) is 5.75 Å². The van der Waals surface area contributed by atoms with E-state index in [0.717, 1.165) is 6.42 Å². The number of halogens is 1. The maximum Gasteiger partial charge on any atom is 0.253 e. The summed E-state index contributed by atoms with van der Waals surface area (Å²) in [5.41, 5.74) is 0.551. The van der Waals surface area contributed by atoms with E-state index >= 15 is 0 Å². The van der Waals surface area contributed by atoms with E-state index in [1.165, 1.54) is 0 Å². The van der Waals surface area contributed by atoms with Crippen LogP contribution in [0.15, 0.2) is 18.2 Å². The maximum atomic E-state index is 12.8. The first kappa shape index (κ1) is 19.6. The molecule has 1 fully saturated rings. The molecule has 0 atom stereocenters. The van der Waals surface area contributed by atoms with Gasteiger partial charge in [-0.05, 0) is 37.5 Å². The molecule has 1 aliphatic heterocycles. The fourth-order valence-corrected chi connectivity index (χ4v) is 3.17. The Bertz CT molecular complexity index is 619. The average molecular weight is 367 g/mol. The molecule has 5 nitrogen and oxygen atoms in total. The second kappa shape index (κ2) is 9.09. The number of carbonyl (C=O) groups is 2. The molecule has 1 aliphatic rings. The van der Waals surface area contributed by atoms with Crippen LogP contribution in [0.4, 0.5) is 0 Å². The van der Waals surface area contributed by atoms with Gasteiger partial charge in [-0.25, -0.2) is 0 Å². The summed E-state index contributed by atoms with van der Waals surface area (Å²) in [6, 6.07) is 5.13.